The Labute approximate surface area is 165 Å². The minimum absolute atomic E-state index is 0.217. The van der Waals surface area contributed by atoms with Crippen LogP contribution in [0.4, 0.5) is 10.2 Å². The summed E-state index contributed by atoms with van der Waals surface area (Å²) in [6.07, 6.45) is 3.76. The summed E-state index contributed by atoms with van der Waals surface area (Å²) in [5, 5.41) is 4.22. The van der Waals surface area contributed by atoms with Crippen LogP contribution < -0.4 is 10.5 Å². The number of halogens is 1. The van der Waals surface area contributed by atoms with E-state index in [0.717, 1.165) is 5.69 Å². The number of rotatable bonds is 7. The molecule has 1 aliphatic rings. The Kier molecular flexibility index (Phi) is 4.98. The zero-order valence-corrected chi connectivity index (χ0v) is 15.8. The Balaban J connectivity index is 1.34. The van der Waals surface area contributed by atoms with E-state index in [2.05, 4.69) is 21.7 Å². The molecule has 0 fully saturated rings. The van der Waals surface area contributed by atoms with Gasteiger partial charge in [-0.1, -0.05) is 12.6 Å². The Hall–Kier alpha value is -3.69. The van der Waals surface area contributed by atoms with Gasteiger partial charge < -0.3 is 18.6 Å². The summed E-state index contributed by atoms with van der Waals surface area (Å²) in [6, 6.07) is 5.90. The maximum atomic E-state index is 13.1. The number of hydrogen-bond donors (Lipinski definition) is 0. The van der Waals surface area contributed by atoms with Crippen LogP contribution in [0.25, 0.3) is 5.70 Å². The molecule has 0 saturated carbocycles. The highest BCUT2D eigenvalue weighted by Gasteiger charge is 2.22. The molecular weight excluding hydrogens is 379 g/mol. The second-order valence-corrected chi connectivity index (χ2v) is 6.49. The minimum Gasteiger partial charge on any atom is -0.493 e. The molecule has 0 atom stereocenters. The highest BCUT2D eigenvalue weighted by Crippen LogP contribution is 2.29. The number of ether oxygens (including phenoxy) is 1. The van der Waals surface area contributed by atoms with Crippen LogP contribution >= 0.6 is 0 Å². The van der Waals surface area contributed by atoms with E-state index in [-0.39, 0.29) is 18.3 Å². The van der Waals surface area contributed by atoms with Crippen molar-refractivity contribution < 1.29 is 13.5 Å². The molecule has 0 radical (unpaired) electrons. The number of fused-ring (bicyclic) bond motifs is 1. The monoisotopic (exact) mass is 398 g/mol. The van der Waals surface area contributed by atoms with Crippen molar-refractivity contribution in [1.82, 2.24) is 24.2 Å². The predicted molar refractivity (Wildman–Crippen MR) is 103 cm³/mol. The third kappa shape index (κ3) is 3.96. The molecule has 3 heterocycles. The van der Waals surface area contributed by atoms with E-state index in [0.29, 0.717) is 36.8 Å². The first-order valence-electron chi connectivity index (χ1n) is 8.98. The number of nitrogens with zero attached hydrogens (tertiary/aromatic N) is 6. The standard InChI is InChI=1S/C19H19FN6O3/c1-13-17-18(21-11-24(17)2)22-12-25(13)10-16-23-26(19(27)29-16)7-4-8-28-15-6-3-5-14(20)9-15/h3,5-6,9,11-12H,1,4,7-8,10H2,2H3. The molecule has 3 aromatic rings. The fourth-order valence-corrected chi connectivity index (χ4v) is 2.97. The molecule has 10 heteroatoms. The third-order valence-corrected chi connectivity index (χ3v) is 4.39. The zero-order chi connectivity index (χ0) is 20.4. The van der Waals surface area contributed by atoms with Crippen LogP contribution in [-0.4, -0.2) is 37.2 Å². The lowest BCUT2D eigenvalue weighted by Gasteiger charge is -2.23. The Morgan fingerprint density at radius 1 is 1.34 bits per heavy atom. The number of aryl methyl sites for hydroxylation is 2. The van der Waals surface area contributed by atoms with Crippen LogP contribution in [0.3, 0.4) is 0 Å². The van der Waals surface area contributed by atoms with Crippen molar-refractivity contribution in [3.05, 3.63) is 65.1 Å². The van der Waals surface area contributed by atoms with Crippen LogP contribution in [0.2, 0.25) is 0 Å². The normalized spacial score (nSPS) is 13.0. The Bertz CT molecular complexity index is 1130. The van der Waals surface area contributed by atoms with Gasteiger partial charge in [-0.3, -0.25) is 0 Å². The average molecular weight is 398 g/mol. The van der Waals surface area contributed by atoms with Crippen molar-refractivity contribution in [3.63, 3.8) is 0 Å². The molecule has 1 aromatic carbocycles. The van der Waals surface area contributed by atoms with Gasteiger partial charge in [0.2, 0.25) is 5.89 Å². The van der Waals surface area contributed by atoms with Gasteiger partial charge in [-0.25, -0.2) is 19.2 Å². The molecule has 9 nitrogen and oxygen atoms in total. The molecule has 0 aliphatic carbocycles. The molecule has 0 N–H and O–H groups in total. The van der Waals surface area contributed by atoms with Crippen LogP contribution in [0.1, 0.15) is 18.0 Å². The van der Waals surface area contributed by atoms with Crippen LogP contribution in [0, 0.1) is 5.82 Å². The van der Waals surface area contributed by atoms with E-state index in [4.69, 9.17) is 9.15 Å². The van der Waals surface area contributed by atoms with E-state index in [1.54, 1.807) is 29.7 Å². The number of imidazole rings is 1. The average Bonchev–Trinajstić information content (AvgIpc) is 3.24. The summed E-state index contributed by atoms with van der Waals surface area (Å²) < 4.78 is 26.9. The van der Waals surface area contributed by atoms with Gasteiger partial charge in [0.25, 0.3) is 0 Å². The van der Waals surface area contributed by atoms with Crippen LogP contribution in [0.15, 0.2) is 51.4 Å². The Morgan fingerprint density at radius 2 is 2.21 bits per heavy atom. The lowest BCUT2D eigenvalue weighted by molar-refractivity contribution is 0.294. The van der Waals surface area contributed by atoms with E-state index in [9.17, 15) is 9.18 Å². The Morgan fingerprint density at radius 3 is 3.03 bits per heavy atom. The molecule has 29 heavy (non-hydrogen) atoms. The van der Waals surface area contributed by atoms with Gasteiger partial charge in [0, 0.05) is 19.5 Å². The number of hydrogen-bond acceptors (Lipinski definition) is 7. The third-order valence-electron chi connectivity index (χ3n) is 4.39. The first-order chi connectivity index (χ1) is 14.0. The molecule has 4 rings (SSSR count). The number of aliphatic imine (C=N–C) groups is 1. The molecule has 2 aromatic heterocycles. The van der Waals surface area contributed by atoms with Gasteiger partial charge in [-0.2, -0.15) is 4.68 Å². The summed E-state index contributed by atoms with van der Waals surface area (Å²) in [7, 11) is 1.86. The van der Waals surface area contributed by atoms with Crippen LogP contribution in [0.5, 0.6) is 5.75 Å². The SMILES string of the molecule is C=C1c2c(ncn2C)N=CN1Cc1nn(CCCOc2cccc(F)c2)c(=O)o1. The lowest BCUT2D eigenvalue weighted by atomic mass is 10.2. The van der Waals surface area contributed by atoms with Gasteiger partial charge in [0.1, 0.15) is 23.8 Å². The number of aromatic nitrogens is 4. The fraction of sp³-hybridized carbons (Fsp3) is 0.263. The van der Waals surface area contributed by atoms with Crippen molar-refractivity contribution >= 4 is 17.9 Å². The molecule has 0 amide bonds. The van der Waals surface area contributed by atoms with Crippen molar-refractivity contribution in [2.24, 2.45) is 12.0 Å². The van der Waals surface area contributed by atoms with Gasteiger partial charge in [0.05, 0.1) is 31.5 Å². The first-order valence-corrected chi connectivity index (χ1v) is 8.98. The largest absolute Gasteiger partial charge is 0.493 e. The fourth-order valence-electron chi connectivity index (χ4n) is 2.97. The molecule has 0 saturated heterocycles. The topological polar surface area (TPSA) is 90.7 Å². The minimum atomic E-state index is -0.550. The molecular formula is C19H19FN6O3. The molecule has 150 valence electrons. The highest BCUT2D eigenvalue weighted by atomic mass is 19.1. The van der Waals surface area contributed by atoms with Gasteiger partial charge in [-0.15, -0.1) is 5.10 Å². The lowest BCUT2D eigenvalue weighted by Crippen LogP contribution is -2.23. The molecule has 0 unspecified atom stereocenters. The summed E-state index contributed by atoms with van der Waals surface area (Å²) >= 11 is 0. The van der Waals surface area contributed by atoms with Crippen molar-refractivity contribution in [3.8, 4) is 5.75 Å². The summed E-state index contributed by atoms with van der Waals surface area (Å²) in [6.45, 7) is 4.92. The summed E-state index contributed by atoms with van der Waals surface area (Å²) in [5.41, 5.74) is 1.49. The van der Waals surface area contributed by atoms with E-state index in [1.807, 2.05) is 11.6 Å². The van der Waals surface area contributed by atoms with E-state index >= 15 is 0 Å². The first kappa shape index (κ1) is 18.7. The van der Waals surface area contributed by atoms with Crippen molar-refractivity contribution in [1.29, 1.82) is 0 Å². The van der Waals surface area contributed by atoms with E-state index in [1.165, 1.54) is 16.8 Å². The van der Waals surface area contributed by atoms with Gasteiger partial charge >= 0.3 is 5.76 Å². The zero-order valence-electron chi connectivity index (χ0n) is 15.8. The highest BCUT2D eigenvalue weighted by molar-refractivity contribution is 5.83. The molecule has 1 aliphatic heterocycles. The maximum absolute atomic E-state index is 13.1. The van der Waals surface area contributed by atoms with Crippen molar-refractivity contribution in [2.45, 2.75) is 19.5 Å². The second kappa shape index (κ2) is 7.74. The van der Waals surface area contributed by atoms with Gasteiger partial charge in [-0.05, 0) is 12.1 Å². The summed E-state index contributed by atoms with van der Waals surface area (Å²) in [5.74, 6) is 0.376. The second-order valence-electron chi connectivity index (χ2n) is 6.49. The predicted octanol–water partition coefficient (Wildman–Crippen LogP) is 2.32. The summed E-state index contributed by atoms with van der Waals surface area (Å²) in [4.78, 5) is 22.2. The number of benzene rings is 1. The van der Waals surface area contributed by atoms with Crippen LogP contribution in [-0.2, 0) is 20.1 Å². The van der Waals surface area contributed by atoms with Gasteiger partial charge in [0.15, 0.2) is 5.82 Å². The molecule has 0 bridgehead atoms. The maximum Gasteiger partial charge on any atom is 0.437 e. The molecule has 0 spiro atoms. The smallest absolute Gasteiger partial charge is 0.437 e. The van der Waals surface area contributed by atoms with Crippen molar-refractivity contribution in [2.75, 3.05) is 6.61 Å². The quantitative estimate of drug-likeness (QED) is 0.568. The van der Waals surface area contributed by atoms with E-state index < -0.39 is 5.76 Å².